The van der Waals surface area contributed by atoms with Crippen molar-refractivity contribution < 1.29 is 4.79 Å². The van der Waals surface area contributed by atoms with Gasteiger partial charge in [-0.15, -0.1) is 0 Å². The lowest BCUT2D eigenvalue weighted by Crippen LogP contribution is -2.41. The van der Waals surface area contributed by atoms with Crippen molar-refractivity contribution in [2.24, 2.45) is 5.92 Å². The zero-order valence-electron chi connectivity index (χ0n) is 11.0. The Kier molecular flexibility index (Phi) is 5.81. The molecule has 1 aliphatic rings. The summed E-state index contributed by atoms with van der Waals surface area (Å²) in [5.41, 5.74) is 0. The summed E-state index contributed by atoms with van der Waals surface area (Å²) in [6.45, 7) is 7.53. The van der Waals surface area contributed by atoms with Gasteiger partial charge in [0.15, 0.2) is 0 Å². The van der Waals surface area contributed by atoms with Crippen molar-refractivity contribution in [2.75, 3.05) is 26.7 Å². The molecule has 1 amide bonds. The van der Waals surface area contributed by atoms with Gasteiger partial charge in [0.1, 0.15) is 0 Å². The smallest absolute Gasteiger partial charge is 0.209 e. The van der Waals surface area contributed by atoms with E-state index in [9.17, 15) is 4.79 Å². The molecule has 0 aliphatic carbocycles. The molecule has 3 nitrogen and oxygen atoms in total. The monoisotopic (exact) mass is 226 g/mol. The van der Waals surface area contributed by atoms with Crippen LogP contribution in [-0.2, 0) is 4.79 Å². The number of amides is 1. The molecule has 1 rings (SSSR count). The second-order valence-corrected chi connectivity index (χ2v) is 5.41. The van der Waals surface area contributed by atoms with Crippen LogP contribution in [0.2, 0.25) is 0 Å². The summed E-state index contributed by atoms with van der Waals surface area (Å²) in [4.78, 5) is 15.2. The Morgan fingerprint density at radius 1 is 1.44 bits per heavy atom. The molecule has 1 aliphatic heterocycles. The molecule has 94 valence electrons. The molecule has 0 saturated carbocycles. The predicted octanol–water partition coefficient (Wildman–Crippen LogP) is 1.98. The highest BCUT2D eigenvalue weighted by Gasteiger charge is 2.20. The maximum absolute atomic E-state index is 10.9. The number of likely N-dealkylation sites (tertiary alicyclic amines) is 1. The fourth-order valence-corrected chi connectivity index (χ4v) is 2.25. The van der Waals surface area contributed by atoms with E-state index in [1.807, 2.05) is 4.90 Å². The third-order valence-corrected chi connectivity index (χ3v) is 3.51. The van der Waals surface area contributed by atoms with E-state index < -0.39 is 0 Å². The number of likely N-dealkylation sites (N-methyl/N-ethyl adjacent to an activating group) is 1. The molecular weight excluding hydrogens is 200 g/mol. The van der Waals surface area contributed by atoms with E-state index in [0.29, 0.717) is 6.04 Å². The number of rotatable bonds is 5. The number of nitrogens with zero attached hydrogens (tertiary/aromatic N) is 2. The first-order valence-electron chi connectivity index (χ1n) is 6.53. The molecule has 0 bridgehead atoms. The standard InChI is InChI=1S/C13H26N2O/c1-12(2)7-9-14(3)13-6-4-5-8-15(10-13)11-16/h11-13H,4-10H2,1-3H3. The number of hydrogen-bond acceptors (Lipinski definition) is 2. The van der Waals surface area contributed by atoms with E-state index in [-0.39, 0.29) is 0 Å². The average Bonchev–Trinajstić information content (AvgIpc) is 2.50. The second-order valence-electron chi connectivity index (χ2n) is 5.41. The van der Waals surface area contributed by atoms with Crippen LogP contribution >= 0.6 is 0 Å². The van der Waals surface area contributed by atoms with Crippen LogP contribution in [-0.4, -0.2) is 48.9 Å². The molecule has 0 N–H and O–H groups in total. The first-order chi connectivity index (χ1) is 7.63. The fourth-order valence-electron chi connectivity index (χ4n) is 2.25. The van der Waals surface area contributed by atoms with Crippen molar-refractivity contribution in [1.29, 1.82) is 0 Å². The lowest BCUT2D eigenvalue weighted by atomic mass is 10.1. The lowest BCUT2D eigenvalue weighted by molar-refractivity contribution is -0.118. The summed E-state index contributed by atoms with van der Waals surface area (Å²) >= 11 is 0. The van der Waals surface area contributed by atoms with Gasteiger partial charge < -0.3 is 9.80 Å². The van der Waals surface area contributed by atoms with Crippen LogP contribution in [0.25, 0.3) is 0 Å². The van der Waals surface area contributed by atoms with Crippen LogP contribution in [0.4, 0.5) is 0 Å². The van der Waals surface area contributed by atoms with Crippen molar-refractivity contribution in [3.63, 3.8) is 0 Å². The van der Waals surface area contributed by atoms with Crippen LogP contribution < -0.4 is 0 Å². The lowest BCUT2D eigenvalue weighted by Gasteiger charge is -2.29. The molecule has 0 aromatic carbocycles. The minimum Gasteiger partial charge on any atom is -0.344 e. The quantitative estimate of drug-likeness (QED) is 0.669. The normalized spacial score (nSPS) is 22.6. The highest BCUT2D eigenvalue weighted by atomic mass is 16.1. The number of carbonyl (C=O) groups is 1. The van der Waals surface area contributed by atoms with Crippen LogP contribution in [0.15, 0.2) is 0 Å². The largest absolute Gasteiger partial charge is 0.344 e. The predicted molar refractivity (Wildman–Crippen MR) is 67.4 cm³/mol. The zero-order valence-corrected chi connectivity index (χ0v) is 11.0. The Hall–Kier alpha value is -0.570. The van der Waals surface area contributed by atoms with Crippen molar-refractivity contribution in [3.8, 4) is 0 Å². The molecule has 1 fully saturated rings. The van der Waals surface area contributed by atoms with E-state index in [4.69, 9.17) is 0 Å². The molecule has 0 aromatic heterocycles. The first kappa shape index (κ1) is 13.5. The number of hydrogen-bond donors (Lipinski definition) is 0. The third kappa shape index (κ3) is 4.52. The van der Waals surface area contributed by atoms with Gasteiger partial charge in [0.05, 0.1) is 0 Å². The Balaban J connectivity index is 2.40. The summed E-state index contributed by atoms with van der Waals surface area (Å²) in [5.74, 6) is 0.760. The van der Waals surface area contributed by atoms with Crippen molar-refractivity contribution in [2.45, 2.75) is 45.6 Å². The van der Waals surface area contributed by atoms with E-state index in [1.54, 1.807) is 0 Å². The van der Waals surface area contributed by atoms with Gasteiger partial charge in [-0.2, -0.15) is 0 Å². The minimum absolute atomic E-state index is 0.562. The summed E-state index contributed by atoms with van der Waals surface area (Å²) in [6.07, 6.45) is 5.90. The number of carbonyl (C=O) groups excluding carboxylic acids is 1. The SMILES string of the molecule is CC(C)CCN(C)C1CCCCN(C=O)C1. The first-order valence-corrected chi connectivity index (χ1v) is 6.53. The van der Waals surface area contributed by atoms with Crippen LogP contribution in [0.5, 0.6) is 0 Å². The van der Waals surface area contributed by atoms with Gasteiger partial charge in [0, 0.05) is 19.1 Å². The van der Waals surface area contributed by atoms with Gasteiger partial charge >= 0.3 is 0 Å². The summed E-state index contributed by atoms with van der Waals surface area (Å²) < 4.78 is 0. The highest BCUT2D eigenvalue weighted by molar-refractivity contribution is 5.47. The molecule has 1 unspecified atom stereocenters. The van der Waals surface area contributed by atoms with E-state index >= 15 is 0 Å². The van der Waals surface area contributed by atoms with Gasteiger partial charge in [0.2, 0.25) is 6.41 Å². The van der Waals surface area contributed by atoms with Crippen LogP contribution in [0.1, 0.15) is 39.5 Å². The summed E-state index contributed by atoms with van der Waals surface area (Å²) in [6, 6.07) is 0.562. The van der Waals surface area contributed by atoms with Gasteiger partial charge in [-0.25, -0.2) is 0 Å². The van der Waals surface area contributed by atoms with Crippen molar-refractivity contribution in [1.82, 2.24) is 9.80 Å². The Morgan fingerprint density at radius 2 is 2.19 bits per heavy atom. The molecule has 0 spiro atoms. The van der Waals surface area contributed by atoms with Crippen molar-refractivity contribution >= 4 is 6.41 Å². The zero-order chi connectivity index (χ0) is 12.0. The molecule has 0 aromatic rings. The Labute approximate surface area is 99.8 Å². The maximum Gasteiger partial charge on any atom is 0.209 e. The van der Waals surface area contributed by atoms with E-state index in [0.717, 1.165) is 38.4 Å². The van der Waals surface area contributed by atoms with E-state index in [2.05, 4.69) is 25.8 Å². The molecule has 16 heavy (non-hydrogen) atoms. The highest BCUT2D eigenvalue weighted by Crippen LogP contribution is 2.15. The minimum atomic E-state index is 0.562. The van der Waals surface area contributed by atoms with Crippen LogP contribution in [0.3, 0.4) is 0 Å². The molecule has 0 radical (unpaired) electrons. The van der Waals surface area contributed by atoms with Gasteiger partial charge in [0.25, 0.3) is 0 Å². The summed E-state index contributed by atoms with van der Waals surface area (Å²) in [5, 5.41) is 0. The second kappa shape index (κ2) is 6.89. The fraction of sp³-hybridized carbons (Fsp3) is 0.923. The molecule has 1 saturated heterocycles. The molecular formula is C13H26N2O. The van der Waals surface area contributed by atoms with Gasteiger partial charge in [-0.3, -0.25) is 4.79 Å². The topological polar surface area (TPSA) is 23.6 Å². The Bertz CT molecular complexity index is 206. The Morgan fingerprint density at radius 3 is 2.81 bits per heavy atom. The van der Waals surface area contributed by atoms with Crippen LogP contribution in [0, 0.1) is 5.92 Å². The summed E-state index contributed by atoms with van der Waals surface area (Å²) in [7, 11) is 2.20. The molecule has 1 atom stereocenters. The average molecular weight is 226 g/mol. The van der Waals surface area contributed by atoms with Gasteiger partial charge in [-0.05, 0) is 38.8 Å². The van der Waals surface area contributed by atoms with Gasteiger partial charge in [-0.1, -0.05) is 20.3 Å². The van der Waals surface area contributed by atoms with Crippen molar-refractivity contribution in [3.05, 3.63) is 0 Å². The third-order valence-electron chi connectivity index (χ3n) is 3.51. The molecule has 3 heteroatoms. The van der Waals surface area contributed by atoms with E-state index in [1.165, 1.54) is 19.3 Å². The maximum atomic E-state index is 10.9. The molecule has 1 heterocycles.